The number of piperidine rings is 1. The number of anilines is 2. The SMILES string of the molecule is CCc1nc2ccccc2n1C1CCN(c2cc(N3CCCC3CO)ncn2)CC1. The first-order valence-corrected chi connectivity index (χ1v) is 11.2. The molecule has 3 aromatic rings. The van der Waals surface area contributed by atoms with Gasteiger partial charge in [0.2, 0.25) is 0 Å². The number of hydrogen-bond acceptors (Lipinski definition) is 6. The summed E-state index contributed by atoms with van der Waals surface area (Å²) in [5, 5.41) is 9.65. The van der Waals surface area contributed by atoms with Crippen molar-refractivity contribution in [2.24, 2.45) is 0 Å². The van der Waals surface area contributed by atoms with Crippen LogP contribution in [0.5, 0.6) is 0 Å². The van der Waals surface area contributed by atoms with Gasteiger partial charge in [0.1, 0.15) is 23.8 Å². The molecule has 2 fully saturated rings. The quantitative estimate of drug-likeness (QED) is 0.702. The molecule has 0 aliphatic carbocycles. The minimum Gasteiger partial charge on any atom is -0.394 e. The largest absolute Gasteiger partial charge is 0.394 e. The minimum absolute atomic E-state index is 0.181. The van der Waals surface area contributed by atoms with Crippen LogP contribution in [-0.2, 0) is 6.42 Å². The summed E-state index contributed by atoms with van der Waals surface area (Å²) in [6.07, 6.45) is 6.91. The van der Waals surface area contributed by atoms with Gasteiger partial charge in [0.25, 0.3) is 0 Å². The Kier molecular flexibility index (Phi) is 5.29. The Bertz CT molecular complexity index is 1010. The van der Waals surface area contributed by atoms with Crippen molar-refractivity contribution in [1.29, 1.82) is 0 Å². The van der Waals surface area contributed by atoms with Gasteiger partial charge < -0.3 is 19.5 Å². The molecule has 158 valence electrons. The zero-order chi connectivity index (χ0) is 20.5. The van der Waals surface area contributed by atoms with Gasteiger partial charge in [-0.2, -0.15) is 0 Å². The van der Waals surface area contributed by atoms with E-state index in [1.165, 1.54) is 11.3 Å². The molecule has 0 saturated carbocycles. The second kappa shape index (κ2) is 8.22. The van der Waals surface area contributed by atoms with Gasteiger partial charge in [-0.1, -0.05) is 19.1 Å². The number of aryl methyl sites for hydroxylation is 1. The Balaban J connectivity index is 1.33. The Morgan fingerprint density at radius 3 is 2.63 bits per heavy atom. The van der Waals surface area contributed by atoms with Gasteiger partial charge in [-0.15, -0.1) is 0 Å². The number of rotatable bonds is 5. The van der Waals surface area contributed by atoms with Crippen LogP contribution in [0.15, 0.2) is 36.7 Å². The highest BCUT2D eigenvalue weighted by molar-refractivity contribution is 5.76. The van der Waals surface area contributed by atoms with Crippen LogP contribution >= 0.6 is 0 Å². The van der Waals surface area contributed by atoms with Crippen molar-refractivity contribution in [1.82, 2.24) is 19.5 Å². The van der Waals surface area contributed by atoms with Crippen molar-refractivity contribution in [3.63, 3.8) is 0 Å². The van der Waals surface area contributed by atoms with E-state index in [9.17, 15) is 5.11 Å². The second-order valence-electron chi connectivity index (χ2n) is 8.36. The summed E-state index contributed by atoms with van der Waals surface area (Å²) >= 11 is 0. The molecule has 7 nitrogen and oxygen atoms in total. The number of fused-ring (bicyclic) bond motifs is 1. The van der Waals surface area contributed by atoms with Crippen LogP contribution in [0.25, 0.3) is 11.0 Å². The number of benzene rings is 1. The van der Waals surface area contributed by atoms with Crippen molar-refractivity contribution in [2.45, 2.75) is 51.1 Å². The van der Waals surface area contributed by atoms with Crippen molar-refractivity contribution >= 4 is 22.7 Å². The lowest BCUT2D eigenvalue weighted by atomic mass is 10.0. The molecule has 0 radical (unpaired) electrons. The lowest BCUT2D eigenvalue weighted by Gasteiger charge is -2.34. The summed E-state index contributed by atoms with van der Waals surface area (Å²) < 4.78 is 2.47. The first-order valence-electron chi connectivity index (χ1n) is 11.2. The van der Waals surface area contributed by atoms with Gasteiger partial charge in [-0.3, -0.25) is 0 Å². The summed E-state index contributed by atoms with van der Waals surface area (Å²) in [5.74, 6) is 3.11. The molecule has 1 unspecified atom stereocenters. The number of para-hydroxylation sites is 2. The Labute approximate surface area is 177 Å². The zero-order valence-electron chi connectivity index (χ0n) is 17.6. The fourth-order valence-electron chi connectivity index (χ4n) is 5.10. The van der Waals surface area contributed by atoms with Gasteiger partial charge in [0.05, 0.1) is 23.7 Å². The van der Waals surface area contributed by atoms with E-state index in [2.05, 4.69) is 61.6 Å². The molecule has 2 saturated heterocycles. The van der Waals surface area contributed by atoms with Crippen molar-refractivity contribution < 1.29 is 5.11 Å². The molecule has 1 aromatic carbocycles. The van der Waals surface area contributed by atoms with E-state index in [-0.39, 0.29) is 12.6 Å². The first kappa shape index (κ1) is 19.3. The van der Waals surface area contributed by atoms with Gasteiger partial charge >= 0.3 is 0 Å². The molecule has 1 N–H and O–H groups in total. The predicted molar refractivity (Wildman–Crippen MR) is 119 cm³/mol. The summed E-state index contributed by atoms with van der Waals surface area (Å²) in [5.41, 5.74) is 2.35. The van der Waals surface area contributed by atoms with Crippen LogP contribution < -0.4 is 9.80 Å². The van der Waals surface area contributed by atoms with Gasteiger partial charge in [0.15, 0.2) is 0 Å². The number of aliphatic hydroxyl groups excluding tert-OH is 1. The average Bonchev–Trinajstić information content (AvgIpc) is 3.43. The van der Waals surface area contributed by atoms with Crippen LogP contribution in [-0.4, -0.2) is 56.9 Å². The maximum Gasteiger partial charge on any atom is 0.134 e. The van der Waals surface area contributed by atoms with E-state index in [4.69, 9.17) is 4.98 Å². The second-order valence-corrected chi connectivity index (χ2v) is 8.36. The molecular formula is C23H30N6O. The fourth-order valence-corrected chi connectivity index (χ4v) is 5.10. The van der Waals surface area contributed by atoms with Crippen molar-refractivity contribution in [2.75, 3.05) is 36.0 Å². The molecule has 0 bridgehead atoms. The lowest BCUT2D eigenvalue weighted by Crippen LogP contribution is -2.36. The highest BCUT2D eigenvalue weighted by Gasteiger charge is 2.27. The molecule has 30 heavy (non-hydrogen) atoms. The molecule has 0 spiro atoms. The van der Waals surface area contributed by atoms with E-state index in [1.54, 1.807) is 6.33 Å². The molecule has 1 atom stereocenters. The maximum atomic E-state index is 9.65. The average molecular weight is 407 g/mol. The van der Waals surface area contributed by atoms with Gasteiger partial charge in [-0.25, -0.2) is 15.0 Å². The summed E-state index contributed by atoms with van der Waals surface area (Å²) in [4.78, 5) is 18.5. The number of imidazole rings is 1. The van der Waals surface area contributed by atoms with E-state index in [0.717, 1.165) is 68.9 Å². The third kappa shape index (κ3) is 3.41. The van der Waals surface area contributed by atoms with E-state index in [1.807, 2.05) is 0 Å². The predicted octanol–water partition coefficient (Wildman–Crippen LogP) is 3.19. The Morgan fingerprint density at radius 1 is 1.03 bits per heavy atom. The minimum atomic E-state index is 0.181. The number of hydrogen-bond donors (Lipinski definition) is 1. The molecule has 2 aromatic heterocycles. The molecule has 4 heterocycles. The van der Waals surface area contributed by atoms with Gasteiger partial charge in [-0.05, 0) is 37.8 Å². The summed E-state index contributed by atoms with van der Waals surface area (Å²) in [7, 11) is 0. The monoisotopic (exact) mass is 406 g/mol. The maximum absolute atomic E-state index is 9.65. The molecule has 5 rings (SSSR count). The van der Waals surface area contributed by atoms with Crippen LogP contribution in [0.3, 0.4) is 0 Å². The first-order chi connectivity index (χ1) is 14.8. The third-order valence-electron chi connectivity index (χ3n) is 6.66. The molecule has 2 aliphatic rings. The highest BCUT2D eigenvalue weighted by atomic mass is 16.3. The number of aromatic nitrogens is 4. The van der Waals surface area contributed by atoms with Crippen molar-refractivity contribution in [3.05, 3.63) is 42.5 Å². The fraction of sp³-hybridized carbons (Fsp3) is 0.522. The Hall–Kier alpha value is -2.67. The van der Waals surface area contributed by atoms with Crippen LogP contribution in [0.2, 0.25) is 0 Å². The van der Waals surface area contributed by atoms with Crippen molar-refractivity contribution in [3.8, 4) is 0 Å². The van der Waals surface area contributed by atoms with Crippen LogP contribution in [0.1, 0.15) is 44.5 Å². The van der Waals surface area contributed by atoms with Crippen LogP contribution in [0, 0.1) is 0 Å². The molecule has 0 amide bonds. The molecule has 7 heteroatoms. The van der Waals surface area contributed by atoms with Gasteiger partial charge in [0, 0.05) is 38.2 Å². The van der Waals surface area contributed by atoms with E-state index in [0.29, 0.717) is 6.04 Å². The highest BCUT2D eigenvalue weighted by Crippen LogP contribution is 2.32. The smallest absolute Gasteiger partial charge is 0.134 e. The molecule has 2 aliphatic heterocycles. The van der Waals surface area contributed by atoms with E-state index >= 15 is 0 Å². The summed E-state index contributed by atoms with van der Waals surface area (Å²) in [6, 6.07) is 11.2. The van der Waals surface area contributed by atoms with Crippen LogP contribution in [0.4, 0.5) is 11.6 Å². The molecular weight excluding hydrogens is 376 g/mol. The number of aliphatic hydroxyl groups is 1. The third-order valence-corrected chi connectivity index (χ3v) is 6.66. The Morgan fingerprint density at radius 2 is 1.83 bits per heavy atom. The standard InChI is InChI=1S/C23H30N6O/c1-2-21-26-19-7-3-4-8-20(19)29(21)17-9-12-27(13-10-17)22-14-23(25-16-24-22)28-11-5-6-18(28)15-30/h3-4,7-8,14,16-18,30H,2,5-6,9-13,15H2,1H3. The zero-order valence-corrected chi connectivity index (χ0v) is 17.6. The normalized spacial score (nSPS) is 20.4. The number of nitrogens with zero attached hydrogens (tertiary/aromatic N) is 6. The topological polar surface area (TPSA) is 70.3 Å². The summed E-state index contributed by atoms with van der Waals surface area (Å²) in [6.45, 7) is 5.27. The van der Waals surface area contributed by atoms with E-state index < -0.39 is 0 Å². The lowest BCUT2D eigenvalue weighted by molar-refractivity contribution is 0.266.